The van der Waals surface area contributed by atoms with Gasteiger partial charge in [0.15, 0.2) is 0 Å². The summed E-state index contributed by atoms with van der Waals surface area (Å²) in [5.74, 6) is 0.563. The Bertz CT molecular complexity index is 1110. The molecule has 0 aliphatic carbocycles. The topological polar surface area (TPSA) is 76.5 Å². The van der Waals surface area contributed by atoms with Gasteiger partial charge < -0.3 is 15.0 Å². The number of hydrogen-bond donors (Lipinski definition) is 1. The van der Waals surface area contributed by atoms with Crippen molar-refractivity contribution in [1.29, 1.82) is 0 Å². The molecule has 0 fully saturated rings. The molecule has 1 atom stereocenters. The molecule has 0 aliphatic rings. The summed E-state index contributed by atoms with van der Waals surface area (Å²) in [7, 11) is 1.60. The summed E-state index contributed by atoms with van der Waals surface area (Å²) < 4.78 is 6.87. The molecular weight excluding hydrogens is 428 g/mol. The zero-order valence-electron chi connectivity index (χ0n) is 18.7. The number of ether oxygens (including phenoxy) is 1. The minimum absolute atomic E-state index is 0.129. The zero-order valence-corrected chi connectivity index (χ0v) is 19.4. The molecule has 0 spiro atoms. The van der Waals surface area contributed by atoms with E-state index in [1.165, 1.54) is 0 Å². The molecule has 1 heterocycles. The molecule has 8 heteroatoms. The van der Waals surface area contributed by atoms with Gasteiger partial charge in [-0.1, -0.05) is 37.6 Å². The average Bonchev–Trinajstić information content (AvgIpc) is 2.80. The van der Waals surface area contributed by atoms with Crippen LogP contribution in [0.5, 0.6) is 0 Å². The fourth-order valence-electron chi connectivity index (χ4n) is 3.75. The number of rotatable bonds is 9. The molecule has 0 saturated heterocycles. The Morgan fingerprint density at radius 3 is 2.56 bits per heavy atom. The van der Waals surface area contributed by atoms with Crippen LogP contribution in [0.15, 0.2) is 53.3 Å². The van der Waals surface area contributed by atoms with E-state index in [9.17, 15) is 9.59 Å². The first-order valence-electron chi connectivity index (χ1n) is 10.8. The molecule has 0 bridgehead atoms. The number of anilines is 1. The summed E-state index contributed by atoms with van der Waals surface area (Å²) in [5.41, 5.74) is 1.14. The third-order valence-electron chi connectivity index (χ3n) is 5.29. The number of halogens is 1. The second kappa shape index (κ2) is 11.1. The van der Waals surface area contributed by atoms with Gasteiger partial charge in [0.2, 0.25) is 0 Å². The summed E-state index contributed by atoms with van der Waals surface area (Å²) in [4.78, 5) is 33.1. The highest BCUT2D eigenvalue weighted by Crippen LogP contribution is 2.25. The van der Waals surface area contributed by atoms with Crippen molar-refractivity contribution in [2.45, 2.75) is 39.3 Å². The molecule has 32 heavy (non-hydrogen) atoms. The van der Waals surface area contributed by atoms with Gasteiger partial charge in [0.1, 0.15) is 5.82 Å². The SMILES string of the molecule is CCCN(C(=O)Nc1ccc(Cl)cc1)C(CC)c1nc2ccccc2c(=O)n1CCOC. The van der Waals surface area contributed by atoms with E-state index in [1.54, 1.807) is 46.9 Å². The van der Waals surface area contributed by atoms with Gasteiger partial charge >= 0.3 is 6.03 Å². The van der Waals surface area contributed by atoms with Gasteiger partial charge in [-0.15, -0.1) is 0 Å². The maximum atomic E-state index is 13.3. The third kappa shape index (κ3) is 5.29. The molecule has 7 nitrogen and oxygen atoms in total. The van der Waals surface area contributed by atoms with Crippen LogP contribution in [0, 0.1) is 0 Å². The molecule has 0 saturated carbocycles. The van der Waals surface area contributed by atoms with Crippen LogP contribution in [-0.2, 0) is 11.3 Å². The normalized spacial score (nSPS) is 12.0. The highest BCUT2D eigenvalue weighted by molar-refractivity contribution is 6.30. The van der Waals surface area contributed by atoms with E-state index in [0.29, 0.717) is 53.6 Å². The molecular formula is C24H29ClN4O3. The van der Waals surface area contributed by atoms with E-state index in [2.05, 4.69) is 5.32 Å². The predicted molar refractivity (Wildman–Crippen MR) is 128 cm³/mol. The first kappa shape index (κ1) is 23.8. The molecule has 1 aromatic heterocycles. The fourth-order valence-corrected chi connectivity index (χ4v) is 3.87. The number of nitrogens with one attached hydrogen (secondary N) is 1. The molecule has 0 radical (unpaired) electrons. The Labute approximate surface area is 193 Å². The minimum atomic E-state index is -0.378. The minimum Gasteiger partial charge on any atom is -0.383 e. The van der Waals surface area contributed by atoms with Crippen molar-refractivity contribution >= 4 is 34.2 Å². The van der Waals surface area contributed by atoms with Gasteiger partial charge in [-0.25, -0.2) is 9.78 Å². The first-order valence-corrected chi connectivity index (χ1v) is 11.2. The summed E-state index contributed by atoms with van der Waals surface area (Å²) in [6.07, 6.45) is 1.37. The van der Waals surface area contributed by atoms with Crippen LogP contribution >= 0.6 is 11.6 Å². The maximum absolute atomic E-state index is 13.3. The van der Waals surface area contributed by atoms with Gasteiger partial charge in [-0.05, 0) is 49.2 Å². The molecule has 3 aromatic rings. The molecule has 3 rings (SSSR count). The lowest BCUT2D eigenvalue weighted by atomic mass is 10.1. The van der Waals surface area contributed by atoms with Crippen molar-refractivity contribution in [3.8, 4) is 0 Å². The summed E-state index contributed by atoms with van der Waals surface area (Å²) in [6.45, 7) is 5.25. The number of methoxy groups -OCH3 is 1. The number of aromatic nitrogens is 2. The summed E-state index contributed by atoms with van der Waals surface area (Å²) in [5, 5.41) is 4.09. The van der Waals surface area contributed by atoms with Gasteiger partial charge in [-0.2, -0.15) is 0 Å². The Hall–Kier alpha value is -2.90. The number of amides is 2. The Balaban J connectivity index is 2.05. The number of nitrogens with zero attached hydrogens (tertiary/aromatic N) is 3. The Kier molecular flexibility index (Phi) is 8.25. The first-order chi connectivity index (χ1) is 15.5. The maximum Gasteiger partial charge on any atom is 0.322 e. The largest absolute Gasteiger partial charge is 0.383 e. The number of benzene rings is 2. The summed E-state index contributed by atoms with van der Waals surface area (Å²) in [6, 6.07) is 13.6. The molecule has 170 valence electrons. The van der Waals surface area contributed by atoms with Crippen molar-refractivity contribution in [2.24, 2.45) is 0 Å². The Morgan fingerprint density at radius 1 is 1.19 bits per heavy atom. The second-order valence-electron chi connectivity index (χ2n) is 7.49. The van der Waals surface area contributed by atoms with Crippen LogP contribution in [0.4, 0.5) is 10.5 Å². The van der Waals surface area contributed by atoms with Crippen molar-refractivity contribution in [3.63, 3.8) is 0 Å². The smallest absolute Gasteiger partial charge is 0.322 e. The van der Waals surface area contributed by atoms with Crippen LogP contribution in [0.2, 0.25) is 5.02 Å². The number of carbonyl (C=O) groups is 1. The molecule has 2 amide bonds. The molecule has 0 aliphatic heterocycles. The van der Waals surface area contributed by atoms with Crippen molar-refractivity contribution in [3.05, 3.63) is 69.7 Å². The van der Waals surface area contributed by atoms with E-state index >= 15 is 0 Å². The van der Waals surface area contributed by atoms with E-state index in [1.807, 2.05) is 32.0 Å². The number of fused-ring (bicyclic) bond motifs is 1. The van der Waals surface area contributed by atoms with Gasteiger partial charge in [0.05, 0.1) is 30.1 Å². The van der Waals surface area contributed by atoms with Crippen molar-refractivity contribution in [1.82, 2.24) is 14.5 Å². The fraction of sp³-hybridized carbons (Fsp3) is 0.375. The number of urea groups is 1. The van der Waals surface area contributed by atoms with Crippen LogP contribution in [0.1, 0.15) is 38.6 Å². The third-order valence-corrected chi connectivity index (χ3v) is 5.54. The van der Waals surface area contributed by atoms with Crippen LogP contribution in [-0.4, -0.2) is 40.7 Å². The van der Waals surface area contributed by atoms with E-state index in [-0.39, 0.29) is 17.6 Å². The lowest BCUT2D eigenvalue weighted by Crippen LogP contribution is -2.41. The summed E-state index contributed by atoms with van der Waals surface area (Å²) >= 11 is 5.96. The number of carbonyl (C=O) groups excluding carboxylic acids is 1. The lowest BCUT2D eigenvalue weighted by molar-refractivity contribution is 0.169. The number of para-hydroxylation sites is 1. The van der Waals surface area contributed by atoms with E-state index < -0.39 is 0 Å². The van der Waals surface area contributed by atoms with Crippen molar-refractivity contribution in [2.75, 3.05) is 25.6 Å². The predicted octanol–water partition coefficient (Wildman–Crippen LogP) is 5.09. The van der Waals surface area contributed by atoms with Crippen molar-refractivity contribution < 1.29 is 9.53 Å². The van der Waals surface area contributed by atoms with Crippen LogP contribution < -0.4 is 10.9 Å². The standard InChI is InChI=1S/C24H29ClN4O3/c1-4-14-28(24(31)26-18-12-10-17(25)11-13-18)21(5-2)22-27-20-9-7-6-8-19(20)23(30)29(22)15-16-32-3/h6-13,21H,4-5,14-16H2,1-3H3,(H,26,31). The van der Waals surface area contributed by atoms with E-state index in [4.69, 9.17) is 21.3 Å². The molecule has 2 aromatic carbocycles. The molecule has 1 unspecified atom stereocenters. The van der Waals surface area contributed by atoms with Crippen LogP contribution in [0.25, 0.3) is 10.9 Å². The van der Waals surface area contributed by atoms with Crippen LogP contribution in [0.3, 0.4) is 0 Å². The lowest BCUT2D eigenvalue weighted by Gasteiger charge is -2.32. The second-order valence-corrected chi connectivity index (χ2v) is 7.93. The molecule has 1 N–H and O–H groups in total. The van der Waals surface area contributed by atoms with Gasteiger partial charge in [0, 0.05) is 24.4 Å². The van der Waals surface area contributed by atoms with E-state index in [0.717, 1.165) is 6.42 Å². The van der Waals surface area contributed by atoms with Gasteiger partial charge in [0.25, 0.3) is 5.56 Å². The monoisotopic (exact) mass is 456 g/mol. The zero-order chi connectivity index (χ0) is 23.1. The average molecular weight is 457 g/mol. The highest BCUT2D eigenvalue weighted by Gasteiger charge is 2.28. The van der Waals surface area contributed by atoms with Gasteiger partial charge in [-0.3, -0.25) is 9.36 Å². The Morgan fingerprint density at radius 2 is 1.91 bits per heavy atom. The highest BCUT2D eigenvalue weighted by atomic mass is 35.5. The number of hydrogen-bond acceptors (Lipinski definition) is 4. The quantitative estimate of drug-likeness (QED) is 0.486.